The van der Waals surface area contributed by atoms with Gasteiger partial charge in [0.05, 0.1) is 30.0 Å². The average molecular weight is 590 g/mol. The van der Waals surface area contributed by atoms with Crippen molar-refractivity contribution >= 4 is 0 Å². The summed E-state index contributed by atoms with van der Waals surface area (Å²) in [6.45, 7) is -3.23. The van der Waals surface area contributed by atoms with Crippen LogP contribution < -0.4 is 4.74 Å². The van der Waals surface area contributed by atoms with Crippen LogP contribution in [0, 0.1) is 0 Å². The Bertz CT molecular complexity index is 1540. The van der Waals surface area contributed by atoms with E-state index in [1.807, 2.05) is 22.5 Å². The molecule has 0 N–H and O–H groups in total. The van der Waals surface area contributed by atoms with Crippen molar-refractivity contribution in [1.29, 1.82) is 0 Å². The van der Waals surface area contributed by atoms with E-state index in [2.05, 4.69) is 21.4 Å². The lowest BCUT2D eigenvalue weighted by Crippen LogP contribution is -2.70. The second-order valence-electron chi connectivity index (χ2n) is 12.0. The average Bonchev–Trinajstić information content (AvgIpc) is 3.62. The second-order valence-corrected chi connectivity index (χ2v) is 12.0. The smallest absolute Gasteiger partial charge is 0.416 e. The van der Waals surface area contributed by atoms with Gasteiger partial charge < -0.3 is 14.0 Å². The van der Waals surface area contributed by atoms with Crippen LogP contribution in [0.1, 0.15) is 104 Å². The molecule has 0 radical (unpaired) electrons. The molecule has 1 spiro atoms. The molecule has 2 aliphatic carbocycles. The Labute approximate surface area is 249 Å². The highest BCUT2D eigenvalue weighted by Crippen LogP contribution is 2.43. The molecule has 3 aromatic rings. The molecule has 7 rings (SSSR count). The Morgan fingerprint density at radius 1 is 1.05 bits per heavy atom. The molecule has 0 amide bonds. The van der Waals surface area contributed by atoms with Gasteiger partial charge in [0.15, 0.2) is 5.82 Å². The van der Waals surface area contributed by atoms with Crippen molar-refractivity contribution in [2.45, 2.75) is 100 Å². The van der Waals surface area contributed by atoms with Crippen molar-refractivity contribution in [3.8, 4) is 5.88 Å². The molecule has 42 heavy (non-hydrogen) atoms. The fourth-order valence-electron chi connectivity index (χ4n) is 6.74. The third-order valence-electron chi connectivity index (χ3n) is 9.41. The molecular weight excluding hydrogens is 547 g/mol. The van der Waals surface area contributed by atoms with E-state index >= 15 is 0 Å². The zero-order valence-corrected chi connectivity index (χ0v) is 23.6. The number of hydrogen-bond acceptors (Lipinski definition) is 7. The number of pyridine rings is 1. The largest absolute Gasteiger partial charge is 0.469 e. The van der Waals surface area contributed by atoms with Crippen LogP contribution in [-0.2, 0) is 24.6 Å². The monoisotopic (exact) mass is 589 g/mol. The molecule has 0 aromatic carbocycles. The molecule has 0 bridgehead atoms. The van der Waals surface area contributed by atoms with E-state index in [4.69, 9.17) is 20.1 Å². The summed E-state index contributed by atoms with van der Waals surface area (Å²) in [5.41, 5.74) is -0.938. The normalized spacial score (nSPS) is 31.7. The fraction of sp³-hybridized carbons (Fsp3) is 0.667. The Hall–Kier alpha value is -2.99. The summed E-state index contributed by atoms with van der Waals surface area (Å²) in [6.07, 6.45) is 7.97. The highest BCUT2D eigenvalue weighted by Gasteiger charge is 2.51. The minimum atomic E-state index is -4.47. The highest BCUT2D eigenvalue weighted by molar-refractivity contribution is 5.23. The predicted octanol–water partition coefficient (Wildman–Crippen LogP) is 5.40. The number of halogens is 3. The predicted molar refractivity (Wildman–Crippen MR) is 147 cm³/mol. The molecule has 226 valence electrons. The number of alkyl halides is 3. The maximum absolute atomic E-state index is 13.0. The van der Waals surface area contributed by atoms with Crippen molar-refractivity contribution in [2.24, 2.45) is 7.05 Å². The van der Waals surface area contributed by atoms with Crippen LogP contribution in [0.2, 0.25) is 0 Å². The van der Waals surface area contributed by atoms with Crippen LogP contribution in [0.15, 0.2) is 30.7 Å². The van der Waals surface area contributed by atoms with Gasteiger partial charge in [0.25, 0.3) is 0 Å². The second kappa shape index (κ2) is 10.9. The van der Waals surface area contributed by atoms with E-state index < -0.39 is 30.3 Å². The first-order valence-electron chi connectivity index (χ1n) is 16.8. The maximum atomic E-state index is 13.0. The van der Waals surface area contributed by atoms with Crippen molar-refractivity contribution in [1.82, 2.24) is 34.4 Å². The summed E-state index contributed by atoms with van der Waals surface area (Å²) in [5, 5.41) is 13.3. The van der Waals surface area contributed by atoms with Crippen LogP contribution in [0.4, 0.5) is 13.2 Å². The first-order valence-corrected chi connectivity index (χ1v) is 14.8. The van der Waals surface area contributed by atoms with Crippen molar-refractivity contribution in [2.75, 3.05) is 19.6 Å². The minimum Gasteiger partial charge on any atom is -0.469 e. The molecule has 2 aliphatic heterocycles. The molecule has 5 heterocycles. The van der Waals surface area contributed by atoms with Gasteiger partial charge in [-0.1, -0.05) is 0 Å². The lowest BCUT2D eigenvalue weighted by molar-refractivity contribution is -0.231. The zero-order chi connectivity index (χ0) is 32.5. The minimum absolute atomic E-state index is 0.0400. The third kappa shape index (κ3) is 5.43. The summed E-state index contributed by atoms with van der Waals surface area (Å²) in [6, 6.07) is 1.82. The van der Waals surface area contributed by atoms with Crippen LogP contribution in [0.5, 0.6) is 5.88 Å². The first-order chi connectivity index (χ1) is 21.8. The van der Waals surface area contributed by atoms with E-state index in [9.17, 15) is 13.2 Å². The Balaban J connectivity index is 0.909. The number of likely N-dealkylation sites (tertiary alicyclic amines) is 1. The zero-order valence-electron chi connectivity index (χ0n) is 27.6. The third-order valence-corrected chi connectivity index (χ3v) is 9.41. The van der Waals surface area contributed by atoms with E-state index in [-0.39, 0.29) is 30.5 Å². The van der Waals surface area contributed by atoms with E-state index in [0.29, 0.717) is 37.6 Å². The van der Waals surface area contributed by atoms with Gasteiger partial charge in [0.2, 0.25) is 5.88 Å². The van der Waals surface area contributed by atoms with Gasteiger partial charge in [-0.25, -0.2) is 4.98 Å². The standard InChI is InChI=1S/C30H38F3N7O2/c1-38-26(17-41-27-14-23(10-12-34-27)30(31,32)33)36-37-28(38)21-4-2-20(3-5-21)22-15-35-40(16-22)25-8-6-24(7-9-25)39-18-29(19-39)11-13-42-29/h10,12,14-16,20-21,24-25H,2-9,11,13,17-19H2,1H3/i18D2,19D2. The van der Waals surface area contributed by atoms with Gasteiger partial charge in [-0.15, -0.1) is 10.2 Å². The van der Waals surface area contributed by atoms with Gasteiger partial charge in [-0.05, 0) is 68.9 Å². The number of aromatic nitrogens is 6. The molecule has 4 fully saturated rings. The molecule has 3 aromatic heterocycles. The van der Waals surface area contributed by atoms with Crippen LogP contribution in [0.25, 0.3) is 0 Å². The summed E-state index contributed by atoms with van der Waals surface area (Å²) >= 11 is 0. The van der Waals surface area contributed by atoms with Crippen molar-refractivity contribution < 1.29 is 28.1 Å². The summed E-state index contributed by atoms with van der Waals surface area (Å²) in [7, 11) is 1.85. The molecular formula is C30H38F3N7O2. The number of hydrogen-bond donors (Lipinski definition) is 0. The lowest BCUT2D eigenvalue weighted by Gasteiger charge is -2.58. The van der Waals surface area contributed by atoms with Gasteiger partial charge in [0, 0.05) is 62.4 Å². The molecule has 2 saturated heterocycles. The Kier molecular flexibility index (Phi) is 6.11. The molecule has 2 saturated carbocycles. The van der Waals surface area contributed by atoms with Crippen LogP contribution in [0.3, 0.4) is 0 Å². The van der Waals surface area contributed by atoms with E-state index in [1.54, 1.807) is 0 Å². The van der Waals surface area contributed by atoms with E-state index in [1.165, 1.54) is 10.5 Å². The van der Waals surface area contributed by atoms with Crippen LogP contribution in [-0.4, -0.2) is 65.7 Å². The van der Waals surface area contributed by atoms with E-state index in [0.717, 1.165) is 62.7 Å². The topological polar surface area (TPSA) is 83.1 Å². The Morgan fingerprint density at radius 3 is 2.45 bits per heavy atom. The summed E-state index contributed by atoms with van der Waals surface area (Å²) in [4.78, 5) is 5.30. The van der Waals surface area contributed by atoms with Crippen molar-refractivity contribution in [3.05, 3.63) is 53.5 Å². The quantitative estimate of drug-likeness (QED) is 0.365. The summed E-state index contributed by atoms with van der Waals surface area (Å²) < 4.78 is 88.2. The van der Waals surface area contributed by atoms with Crippen LogP contribution >= 0.6 is 0 Å². The Morgan fingerprint density at radius 2 is 1.76 bits per heavy atom. The van der Waals surface area contributed by atoms with Gasteiger partial charge in [-0.3, -0.25) is 9.58 Å². The molecule has 0 unspecified atom stereocenters. The maximum Gasteiger partial charge on any atom is 0.416 e. The van der Waals surface area contributed by atoms with Crippen molar-refractivity contribution in [3.63, 3.8) is 0 Å². The number of nitrogens with zero attached hydrogens (tertiary/aromatic N) is 7. The number of ether oxygens (including phenoxy) is 2. The molecule has 0 atom stereocenters. The SMILES string of the molecule is [2H]C1([2H])N(C2CCC(n3cc(C4CCC(c5nnc(COc6cc(C(F)(F)F)ccn6)n5C)CC4)cn3)CC2)C([2H])([2H])C12CCO2. The fourth-order valence-corrected chi connectivity index (χ4v) is 6.74. The first kappa shape index (κ1) is 23.5. The molecule has 9 nitrogen and oxygen atoms in total. The molecule has 4 aliphatic rings. The lowest BCUT2D eigenvalue weighted by atomic mass is 9.79. The number of rotatable bonds is 7. The van der Waals surface area contributed by atoms with Gasteiger partial charge >= 0.3 is 6.18 Å². The van der Waals surface area contributed by atoms with Gasteiger partial charge in [-0.2, -0.15) is 18.3 Å². The summed E-state index contributed by atoms with van der Waals surface area (Å²) in [5.74, 6) is 1.83. The molecule has 12 heteroatoms. The highest BCUT2D eigenvalue weighted by atomic mass is 19.4. The van der Waals surface area contributed by atoms with Gasteiger partial charge in [0.1, 0.15) is 12.4 Å².